The number of benzene rings is 3. The minimum Gasteiger partial charge on any atom is -0.199 e. The zero-order chi connectivity index (χ0) is 17.9. The van der Waals surface area contributed by atoms with Crippen LogP contribution in [0.5, 0.6) is 0 Å². The van der Waals surface area contributed by atoms with Gasteiger partial charge in [0, 0.05) is 11.1 Å². The molecule has 3 aromatic carbocycles. The van der Waals surface area contributed by atoms with Crippen LogP contribution in [0.3, 0.4) is 0 Å². The van der Waals surface area contributed by atoms with Crippen molar-refractivity contribution in [3.05, 3.63) is 101 Å². The lowest BCUT2D eigenvalue weighted by Crippen LogP contribution is -2.08. The lowest BCUT2D eigenvalue weighted by molar-refractivity contribution is 0.598. The van der Waals surface area contributed by atoms with E-state index in [2.05, 4.69) is 4.40 Å². The molecule has 3 aromatic rings. The van der Waals surface area contributed by atoms with E-state index < -0.39 is 10.0 Å². The fourth-order valence-corrected chi connectivity index (χ4v) is 3.52. The van der Waals surface area contributed by atoms with Crippen LogP contribution in [-0.2, 0) is 10.0 Å². The Kier molecular flexibility index (Phi) is 4.81. The van der Waals surface area contributed by atoms with Crippen LogP contribution >= 0.6 is 0 Å². The van der Waals surface area contributed by atoms with Crippen LogP contribution in [0.1, 0.15) is 22.3 Å². The summed E-state index contributed by atoms with van der Waals surface area (Å²) in [5.74, 6) is 0. The fraction of sp³-hybridized carbons (Fsp3) is 0.0952. The summed E-state index contributed by atoms with van der Waals surface area (Å²) in [4.78, 5) is 0.187. The third kappa shape index (κ3) is 4.03. The zero-order valence-electron chi connectivity index (χ0n) is 14.2. The van der Waals surface area contributed by atoms with Crippen LogP contribution in [0.25, 0.3) is 0 Å². The normalized spacial score (nSPS) is 11.1. The van der Waals surface area contributed by atoms with Crippen LogP contribution in [0.4, 0.5) is 0 Å². The minimum absolute atomic E-state index is 0.187. The smallest absolute Gasteiger partial charge is 0.199 e. The average molecular weight is 349 g/mol. The quantitative estimate of drug-likeness (QED) is 0.650. The van der Waals surface area contributed by atoms with Crippen LogP contribution in [0.15, 0.2) is 88.2 Å². The van der Waals surface area contributed by atoms with Gasteiger partial charge < -0.3 is 0 Å². The van der Waals surface area contributed by atoms with Gasteiger partial charge in [-0.1, -0.05) is 77.9 Å². The van der Waals surface area contributed by atoms with E-state index in [9.17, 15) is 8.42 Å². The third-order valence-electron chi connectivity index (χ3n) is 3.90. The van der Waals surface area contributed by atoms with E-state index in [-0.39, 0.29) is 4.90 Å². The van der Waals surface area contributed by atoms with Gasteiger partial charge in [0.2, 0.25) is 0 Å². The SMILES string of the molecule is Cc1ccc(C(=NS(=O)(=O)c2ccccc2)c2ccc(C)cc2)cc1. The second-order valence-corrected chi connectivity index (χ2v) is 7.56. The molecule has 0 N–H and O–H groups in total. The van der Waals surface area contributed by atoms with Gasteiger partial charge in [-0.15, -0.1) is 0 Å². The van der Waals surface area contributed by atoms with Crippen LogP contribution in [-0.4, -0.2) is 14.1 Å². The molecule has 0 aliphatic rings. The van der Waals surface area contributed by atoms with E-state index in [0.717, 1.165) is 22.3 Å². The van der Waals surface area contributed by atoms with Crippen molar-refractivity contribution in [2.24, 2.45) is 4.40 Å². The summed E-state index contributed by atoms with van der Waals surface area (Å²) < 4.78 is 29.6. The first kappa shape index (κ1) is 17.1. The Labute approximate surface area is 148 Å². The fourth-order valence-electron chi connectivity index (χ4n) is 2.46. The first-order valence-electron chi connectivity index (χ1n) is 8.00. The van der Waals surface area contributed by atoms with Gasteiger partial charge in [-0.25, -0.2) is 0 Å². The number of sulfonamides is 1. The number of nitrogens with zero attached hydrogens (tertiary/aromatic N) is 1. The molecule has 0 saturated heterocycles. The summed E-state index contributed by atoms with van der Waals surface area (Å²) in [6.45, 7) is 3.99. The molecule has 0 aromatic heterocycles. The summed E-state index contributed by atoms with van der Waals surface area (Å²) >= 11 is 0. The van der Waals surface area contributed by atoms with Gasteiger partial charge in [-0.05, 0) is 26.0 Å². The predicted molar refractivity (Wildman–Crippen MR) is 102 cm³/mol. The van der Waals surface area contributed by atoms with Gasteiger partial charge in [-0.2, -0.15) is 12.8 Å². The van der Waals surface area contributed by atoms with Crippen molar-refractivity contribution in [1.29, 1.82) is 0 Å². The highest BCUT2D eigenvalue weighted by Gasteiger charge is 2.16. The Hall–Kier alpha value is -2.72. The minimum atomic E-state index is -3.79. The molecule has 0 heterocycles. The van der Waals surface area contributed by atoms with E-state index in [1.54, 1.807) is 30.3 Å². The summed E-state index contributed by atoms with van der Waals surface area (Å²) in [5.41, 5.74) is 4.21. The number of aryl methyl sites for hydroxylation is 2. The number of hydrogen-bond donors (Lipinski definition) is 0. The average Bonchev–Trinajstić information content (AvgIpc) is 2.62. The molecular weight excluding hydrogens is 330 g/mol. The van der Waals surface area contributed by atoms with Crippen LogP contribution in [0.2, 0.25) is 0 Å². The molecule has 0 unspecified atom stereocenters. The Morgan fingerprint density at radius 1 is 0.680 bits per heavy atom. The molecule has 25 heavy (non-hydrogen) atoms. The molecule has 0 fully saturated rings. The summed E-state index contributed by atoms with van der Waals surface area (Å²) in [6, 6.07) is 23.7. The maximum Gasteiger partial charge on any atom is 0.282 e. The second kappa shape index (κ2) is 7.03. The van der Waals surface area contributed by atoms with Crippen LogP contribution in [0, 0.1) is 13.8 Å². The van der Waals surface area contributed by atoms with Crippen molar-refractivity contribution >= 4 is 15.7 Å². The standard InChI is InChI=1S/C21H19NO2S/c1-16-8-12-18(13-9-16)21(19-14-10-17(2)11-15-19)22-25(23,24)20-6-4-3-5-7-20/h3-15H,1-2H3. The molecular formula is C21H19NO2S. The number of rotatable bonds is 4. The Balaban J connectivity index is 2.17. The first-order chi connectivity index (χ1) is 12.0. The van der Waals surface area contributed by atoms with E-state index >= 15 is 0 Å². The molecule has 0 aliphatic carbocycles. The lowest BCUT2D eigenvalue weighted by Gasteiger charge is -2.09. The van der Waals surface area contributed by atoms with Crippen molar-refractivity contribution in [1.82, 2.24) is 0 Å². The van der Waals surface area contributed by atoms with E-state index in [1.165, 1.54) is 0 Å². The maximum absolute atomic E-state index is 12.7. The van der Waals surface area contributed by atoms with Crippen molar-refractivity contribution in [3.8, 4) is 0 Å². The van der Waals surface area contributed by atoms with E-state index in [0.29, 0.717) is 5.71 Å². The molecule has 126 valence electrons. The zero-order valence-corrected chi connectivity index (χ0v) is 15.0. The predicted octanol–water partition coefficient (Wildman–Crippen LogP) is 4.53. The molecule has 0 amide bonds. The number of hydrogen-bond acceptors (Lipinski definition) is 2. The van der Waals surface area contributed by atoms with Gasteiger partial charge in [0.05, 0.1) is 10.6 Å². The highest BCUT2D eigenvalue weighted by Crippen LogP contribution is 2.18. The molecule has 0 atom stereocenters. The molecule has 0 bridgehead atoms. The van der Waals surface area contributed by atoms with Gasteiger partial charge in [-0.3, -0.25) is 0 Å². The van der Waals surface area contributed by atoms with E-state index in [4.69, 9.17) is 0 Å². The molecule has 0 spiro atoms. The Bertz CT molecular complexity index is 941. The van der Waals surface area contributed by atoms with Crippen molar-refractivity contribution in [3.63, 3.8) is 0 Å². The molecule has 0 saturated carbocycles. The second-order valence-electron chi connectivity index (χ2n) is 5.96. The van der Waals surface area contributed by atoms with Crippen molar-refractivity contribution in [2.75, 3.05) is 0 Å². The molecule has 0 aliphatic heterocycles. The third-order valence-corrected chi connectivity index (χ3v) is 5.19. The van der Waals surface area contributed by atoms with E-state index in [1.807, 2.05) is 62.4 Å². The summed E-state index contributed by atoms with van der Waals surface area (Å²) in [5, 5.41) is 0. The summed E-state index contributed by atoms with van der Waals surface area (Å²) in [7, 11) is -3.79. The van der Waals surface area contributed by atoms with Crippen molar-refractivity contribution < 1.29 is 8.42 Å². The molecule has 3 rings (SSSR count). The monoisotopic (exact) mass is 349 g/mol. The lowest BCUT2D eigenvalue weighted by atomic mass is 10.0. The van der Waals surface area contributed by atoms with Crippen LogP contribution < -0.4 is 0 Å². The van der Waals surface area contributed by atoms with Gasteiger partial charge in [0.15, 0.2) is 0 Å². The summed E-state index contributed by atoms with van der Waals surface area (Å²) in [6.07, 6.45) is 0. The maximum atomic E-state index is 12.7. The van der Waals surface area contributed by atoms with Gasteiger partial charge >= 0.3 is 0 Å². The van der Waals surface area contributed by atoms with Gasteiger partial charge in [0.25, 0.3) is 10.0 Å². The molecule has 4 heteroatoms. The topological polar surface area (TPSA) is 46.5 Å². The Morgan fingerprint density at radius 2 is 1.12 bits per heavy atom. The highest BCUT2D eigenvalue weighted by molar-refractivity contribution is 7.90. The molecule has 3 nitrogen and oxygen atoms in total. The first-order valence-corrected chi connectivity index (χ1v) is 9.44. The molecule has 0 radical (unpaired) electrons. The van der Waals surface area contributed by atoms with Gasteiger partial charge in [0.1, 0.15) is 0 Å². The largest absolute Gasteiger partial charge is 0.282 e. The van der Waals surface area contributed by atoms with Crippen molar-refractivity contribution in [2.45, 2.75) is 18.7 Å². The highest BCUT2D eigenvalue weighted by atomic mass is 32.2. The Morgan fingerprint density at radius 3 is 1.56 bits per heavy atom.